The highest BCUT2D eigenvalue weighted by Crippen LogP contribution is 2.07. The number of nitrogens with zero attached hydrogens (tertiary/aromatic N) is 1. The Kier molecular flexibility index (Phi) is 5.31. The second-order valence-electron chi connectivity index (χ2n) is 2.33. The number of carbonyl (C=O) groups excluding carboxylic acids is 1. The highest BCUT2D eigenvalue weighted by atomic mass is 16.1. The molecule has 0 aliphatic heterocycles. The maximum atomic E-state index is 8.35. The van der Waals surface area contributed by atoms with Crippen molar-refractivity contribution >= 4 is 11.8 Å². The molecule has 0 heterocycles. The van der Waals surface area contributed by atoms with Gasteiger partial charge in [-0.25, -0.2) is 10.2 Å². The van der Waals surface area contributed by atoms with Gasteiger partial charge >= 0.3 is 0 Å². The van der Waals surface area contributed by atoms with Gasteiger partial charge in [-0.3, -0.25) is 0 Å². The van der Waals surface area contributed by atoms with Crippen LogP contribution in [0.25, 0.3) is 0 Å². The highest BCUT2D eigenvalue weighted by Gasteiger charge is 1.87. The average Bonchev–Trinajstić information content (AvgIpc) is 2.07. The SMILES string of the molecule is CN(C)c1ccccc1.N=C=O. The van der Waals surface area contributed by atoms with E-state index in [1.54, 1.807) is 0 Å². The number of rotatable bonds is 1. The van der Waals surface area contributed by atoms with Gasteiger partial charge in [-0.15, -0.1) is 0 Å². The van der Waals surface area contributed by atoms with Crippen LogP contribution in [0.2, 0.25) is 0 Å². The summed E-state index contributed by atoms with van der Waals surface area (Å²) in [5.41, 5.74) is 1.25. The molecule has 0 atom stereocenters. The molecule has 0 saturated heterocycles. The Labute approximate surface area is 72.1 Å². The normalized spacial score (nSPS) is 7.50. The summed E-state index contributed by atoms with van der Waals surface area (Å²) < 4.78 is 0. The highest BCUT2D eigenvalue weighted by molar-refractivity contribution is 5.43. The summed E-state index contributed by atoms with van der Waals surface area (Å²) in [6, 6.07) is 10.3. The topological polar surface area (TPSA) is 44.2 Å². The van der Waals surface area contributed by atoms with Crippen LogP contribution >= 0.6 is 0 Å². The number of nitrogens with one attached hydrogen (secondary N) is 1. The molecule has 0 saturated carbocycles. The van der Waals surface area contributed by atoms with Gasteiger partial charge in [-0.1, -0.05) is 18.2 Å². The minimum absolute atomic E-state index is 0.750. The van der Waals surface area contributed by atoms with E-state index >= 15 is 0 Å². The van der Waals surface area contributed by atoms with Crippen molar-refractivity contribution in [3.63, 3.8) is 0 Å². The van der Waals surface area contributed by atoms with Crippen molar-refractivity contribution in [3.8, 4) is 0 Å². The zero-order valence-electron chi connectivity index (χ0n) is 7.24. The van der Waals surface area contributed by atoms with Crippen LogP contribution in [0.4, 0.5) is 5.69 Å². The Morgan fingerprint density at radius 3 is 1.92 bits per heavy atom. The molecule has 0 aliphatic carbocycles. The minimum atomic E-state index is 0.750. The standard InChI is InChI=1S/C8H11N.CHNO/c1-9(2)8-6-4-3-5-7-8;2-1-3/h3-7H,1-2H3;2H. The van der Waals surface area contributed by atoms with Crippen molar-refractivity contribution in [1.82, 2.24) is 0 Å². The first-order chi connectivity index (χ1) is 5.72. The number of isocyanates is 1. The van der Waals surface area contributed by atoms with Crippen LogP contribution in [0.3, 0.4) is 0 Å². The van der Waals surface area contributed by atoms with Crippen LogP contribution in [0.5, 0.6) is 0 Å². The molecule has 64 valence electrons. The Bertz CT molecular complexity index is 238. The molecule has 0 bridgehead atoms. The largest absolute Gasteiger partial charge is 0.378 e. The van der Waals surface area contributed by atoms with Gasteiger partial charge in [0.05, 0.1) is 0 Å². The minimum Gasteiger partial charge on any atom is -0.378 e. The maximum Gasteiger partial charge on any atom is 0.231 e. The third-order valence-electron chi connectivity index (χ3n) is 1.27. The molecule has 1 rings (SSSR count). The molecule has 0 radical (unpaired) electrons. The summed E-state index contributed by atoms with van der Waals surface area (Å²) in [5, 5.41) is 5.40. The van der Waals surface area contributed by atoms with Crippen LogP contribution in [-0.2, 0) is 4.79 Å². The van der Waals surface area contributed by atoms with Gasteiger partial charge in [0.25, 0.3) is 0 Å². The van der Waals surface area contributed by atoms with Crippen molar-refractivity contribution in [3.05, 3.63) is 30.3 Å². The molecule has 1 N–H and O–H groups in total. The molecule has 0 aliphatic rings. The second-order valence-corrected chi connectivity index (χ2v) is 2.33. The summed E-state index contributed by atoms with van der Waals surface area (Å²) in [5.74, 6) is 0. The molecular weight excluding hydrogens is 152 g/mol. The third kappa shape index (κ3) is 4.25. The fraction of sp³-hybridized carbons (Fsp3) is 0.222. The van der Waals surface area contributed by atoms with Gasteiger partial charge in [0.2, 0.25) is 6.08 Å². The van der Waals surface area contributed by atoms with Gasteiger partial charge < -0.3 is 4.90 Å². The predicted molar refractivity (Wildman–Crippen MR) is 49.2 cm³/mol. The Hall–Kier alpha value is -1.60. The number of anilines is 1. The lowest BCUT2D eigenvalue weighted by Crippen LogP contribution is -2.07. The lowest BCUT2D eigenvalue weighted by molar-refractivity contribution is 0.563. The first-order valence-electron chi connectivity index (χ1n) is 3.48. The van der Waals surface area contributed by atoms with Gasteiger partial charge in [0.1, 0.15) is 0 Å². The van der Waals surface area contributed by atoms with Crippen LogP contribution in [0, 0.1) is 5.41 Å². The van der Waals surface area contributed by atoms with Gasteiger partial charge in [-0.05, 0) is 12.1 Å². The first-order valence-corrected chi connectivity index (χ1v) is 3.48. The zero-order valence-corrected chi connectivity index (χ0v) is 7.24. The molecule has 0 unspecified atom stereocenters. The molecule has 0 amide bonds. The van der Waals surface area contributed by atoms with Crippen molar-refractivity contribution in [2.45, 2.75) is 0 Å². The van der Waals surface area contributed by atoms with Gasteiger partial charge in [0, 0.05) is 19.8 Å². The zero-order chi connectivity index (χ0) is 9.40. The van der Waals surface area contributed by atoms with E-state index in [1.165, 1.54) is 5.69 Å². The fourth-order valence-corrected chi connectivity index (χ4v) is 0.726. The Morgan fingerprint density at radius 1 is 1.25 bits per heavy atom. The molecule has 0 aromatic heterocycles. The van der Waals surface area contributed by atoms with E-state index in [9.17, 15) is 0 Å². The second kappa shape index (κ2) is 6.13. The third-order valence-corrected chi connectivity index (χ3v) is 1.27. The maximum absolute atomic E-state index is 8.35. The van der Waals surface area contributed by atoms with Crippen LogP contribution in [-0.4, -0.2) is 20.2 Å². The van der Waals surface area contributed by atoms with Crippen molar-refractivity contribution in [2.75, 3.05) is 19.0 Å². The van der Waals surface area contributed by atoms with Gasteiger partial charge in [0.15, 0.2) is 0 Å². The molecular formula is C9H12N2O. The molecule has 1 aromatic carbocycles. The van der Waals surface area contributed by atoms with E-state index in [0.717, 1.165) is 6.08 Å². The van der Waals surface area contributed by atoms with E-state index in [0.29, 0.717) is 0 Å². The van der Waals surface area contributed by atoms with Crippen LogP contribution < -0.4 is 4.90 Å². The van der Waals surface area contributed by atoms with Crippen molar-refractivity contribution in [2.24, 2.45) is 0 Å². The van der Waals surface area contributed by atoms with Crippen molar-refractivity contribution in [1.29, 1.82) is 5.41 Å². The van der Waals surface area contributed by atoms with Gasteiger partial charge in [-0.2, -0.15) is 0 Å². The van der Waals surface area contributed by atoms with E-state index in [-0.39, 0.29) is 0 Å². The van der Waals surface area contributed by atoms with E-state index in [4.69, 9.17) is 10.2 Å². The summed E-state index contributed by atoms with van der Waals surface area (Å²) in [6.45, 7) is 0. The summed E-state index contributed by atoms with van der Waals surface area (Å²) >= 11 is 0. The van der Waals surface area contributed by atoms with Crippen molar-refractivity contribution < 1.29 is 4.79 Å². The first kappa shape index (κ1) is 10.4. The van der Waals surface area contributed by atoms with Crippen LogP contribution in [0.15, 0.2) is 30.3 Å². The Balaban J connectivity index is 0.000000354. The van der Waals surface area contributed by atoms with E-state index in [2.05, 4.69) is 17.0 Å². The molecule has 3 heteroatoms. The summed E-state index contributed by atoms with van der Waals surface area (Å²) in [4.78, 5) is 10.4. The number of hydrogen-bond donors (Lipinski definition) is 1. The molecule has 0 spiro atoms. The summed E-state index contributed by atoms with van der Waals surface area (Å²) in [7, 11) is 4.07. The number of para-hydroxylation sites is 1. The number of hydrogen-bond acceptors (Lipinski definition) is 3. The quantitative estimate of drug-likeness (QED) is 0.506. The predicted octanol–water partition coefficient (Wildman–Crippen LogP) is 1.65. The monoisotopic (exact) mass is 164 g/mol. The van der Waals surface area contributed by atoms with E-state index < -0.39 is 0 Å². The smallest absolute Gasteiger partial charge is 0.231 e. The average molecular weight is 164 g/mol. The fourth-order valence-electron chi connectivity index (χ4n) is 0.726. The summed E-state index contributed by atoms with van der Waals surface area (Å²) in [6.07, 6.45) is 0.750. The molecule has 3 nitrogen and oxygen atoms in total. The van der Waals surface area contributed by atoms with E-state index in [1.807, 2.05) is 32.3 Å². The molecule has 1 aromatic rings. The number of benzene rings is 1. The lowest BCUT2D eigenvalue weighted by atomic mass is 10.3. The molecule has 0 fully saturated rings. The molecule has 12 heavy (non-hydrogen) atoms. The lowest BCUT2D eigenvalue weighted by Gasteiger charge is -2.10. The van der Waals surface area contributed by atoms with Crippen LogP contribution in [0.1, 0.15) is 0 Å². The Morgan fingerprint density at radius 2 is 1.67 bits per heavy atom.